The van der Waals surface area contributed by atoms with Crippen molar-refractivity contribution in [2.45, 2.75) is 13.0 Å². The molecule has 0 aliphatic carbocycles. The topological polar surface area (TPSA) is 44.4 Å². The SMILES string of the molecule is CCN1CCN(c2ncccc2OC)CC1c1c[nH]c2ccccc12. The van der Waals surface area contributed by atoms with Crippen molar-refractivity contribution in [3.8, 4) is 5.75 Å². The lowest BCUT2D eigenvalue weighted by atomic mass is 10.0. The van der Waals surface area contributed by atoms with E-state index in [-0.39, 0.29) is 0 Å². The second kappa shape index (κ2) is 6.76. The van der Waals surface area contributed by atoms with Gasteiger partial charge in [0.05, 0.1) is 13.2 Å². The first-order valence-corrected chi connectivity index (χ1v) is 8.85. The number of aromatic amines is 1. The summed E-state index contributed by atoms with van der Waals surface area (Å²) >= 11 is 0. The van der Waals surface area contributed by atoms with Crippen LogP contribution in [0.5, 0.6) is 5.75 Å². The predicted octanol–water partition coefficient (Wildman–Crippen LogP) is 3.45. The molecular formula is C20H24N4O. The molecule has 1 aliphatic rings. The summed E-state index contributed by atoms with van der Waals surface area (Å²) in [6.07, 6.45) is 4.00. The van der Waals surface area contributed by atoms with Crippen molar-refractivity contribution in [3.05, 3.63) is 54.4 Å². The zero-order chi connectivity index (χ0) is 17.2. The lowest BCUT2D eigenvalue weighted by Crippen LogP contribution is -2.48. The Morgan fingerprint density at radius 2 is 2.08 bits per heavy atom. The number of H-pyrrole nitrogens is 1. The molecular weight excluding hydrogens is 312 g/mol. The molecule has 1 fully saturated rings. The number of aromatic nitrogens is 2. The van der Waals surface area contributed by atoms with Crippen LogP contribution in [-0.2, 0) is 0 Å². The first-order chi connectivity index (χ1) is 12.3. The molecule has 3 aromatic rings. The van der Waals surface area contributed by atoms with Gasteiger partial charge in [0.15, 0.2) is 11.6 Å². The van der Waals surface area contributed by atoms with Crippen molar-refractivity contribution in [3.63, 3.8) is 0 Å². The second-order valence-corrected chi connectivity index (χ2v) is 6.41. The number of para-hydroxylation sites is 1. The molecule has 1 saturated heterocycles. The van der Waals surface area contributed by atoms with E-state index in [1.165, 1.54) is 16.5 Å². The number of piperazine rings is 1. The van der Waals surface area contributed by atoms with Crippen LogP contribution in [0.1, 0.15) is 18.5 Å². The van der Waals surface area contributed by atoms with Crippen LogP contribution < -0.4 is 9.64 Å². The number of hydrogen-bond acceptors (Lipinski definition) is 4. The van der Waals surface area contributed by atoms with E-state index in [2.05, 4.69) is 57.2 Å². The summed E-state index contributed by atoms with van der Waals surface area (Å²) in [5.74, 6) is 1.77. The third-order valence-electron chi connectivity index (χ3n) is 5.15. The van der Waals surface area contributed by atoms with Crippen LogP contribution in [-0.4, -0.2) is 48.2 Å². The summed E-state index contributed by atoms with van der Waals surface area (Å²) in [4.78, 5) is 12.9. The third-order valence-corrected chi connectivity index (χ3v) is 5.15. The predicted molar refractivity (Wildman–Crippen MR) is 101 cm³/mol. The molecule has 4 rings (SSSR count). The van der Waals surface area contributed by atoms with Gasteiger partial charge in [-0.25, -0.2) is 4.98 Å². The van der Waals surface area contributed by atoms with Gasteiger partial charge in [-0.2, -0.15) is 0 Å². The Morgan fingerprint density at radius 3 is 2.92 bits per heavy atom. The van der Waals surface area contributed by atoms with Crippen LogP contribution >= 0.6 is 0 Å². The summed E-state index contributed by atoms with van der Waals surface area (Å²) in [5.41, 5.74) is 2.55. The number of pyridine rings is 1. The van der Waals surface area contributed by atoms with Crippen molar-refractivity contribution < 1.29 is 4.74 Å². The van der Waals surface area contributed by atoms with Crippen molar-refractivity contribution in [1.82, 2.24) is 14.9 Å². The van der Waals surface area contributed by atoms with Crippen molar-refractivity contribution in [2.75, 3.05) is 38.2 Å². The quantitative estimate of drug-likeness (QED) is 0.792. The fourth-order valence-corrected chi connectivity index (χ4v) is 3.84. The Labute approximate surface area is 148 Å². The van der Waals surface area contributed by atoms with Crippen LogP contribution in [0.15, 0.2) is 48.8 Å². The molecule has 3 heterocycles. The molecule has 0 amide bonds. The number of nitrogens with zero attached hydrogens (tertiary/aromatic N) is 3. The van der Waals surface area contributed by atoms with Crippen molar-refractivity contribution in [1.29, 1.82) is 0 Å². The van der Waals surface area contributed by atoms with E-state index in [0.717, 1.165) is 37.7 Å². The van der Waals surface area contributed by atoms with Gasteiger partial charge >= 0.3 is 0 Å². The Bertz CT molecular complexity index is 860. The molecule has 1 atom stereocenters. The molecule has 1 aliphatic heterocycles. The van der Waals surface area contributed by atoms with Gasteiger partial charge in [-0.05, 0) is 30.3 Å². The Hall–Kier alpha value is -2.53. The molecule has 1 aromatic carbocycles. The molecule has 25 heavy (non-hydrogen) atoms. The number of methoxy groups -OCH3 is 1. The number of likely N-dealkylation sites (N-methyl/N-ethyl adjacent to an activating group) is 1. The van der Waals surface area contributed by atoms with Gasteiger partial charge in [0, 0.05) is 42.9 Å². The number of fused-ring (bicyclic) bond motifs is 1. The lowest BCUT2D eigenvalue weighted by molar-refractivity contribution is 0.187. The lowest BCUT2D eigenvalue weighted by Gasteiger charge is -2.41. The van der Waals surface area contributed by atoms with E-state index < -0.39 is 0 Å². The molecule has 1 unspecified atom stereocenters. The van der Waals surface area contributed by atoms with Gasteiger partial charge in [-0.15, -0.1) is 0 Å². The van der Waals surface area contributed by atoms with Gasteiger partial charge in [0.1, 0.15) is 0 Å². The van der Waals surface area contributed by atoms with Crippen LogP contribution in [0.2, 0.25) is 0 Å². The molecule has 2 aromatic heterocycles. The molecule has 130 valence electrons. The average Bonchev–Trinajstić information content (AvgIpc) is 3.11. The smallest absolute Gasteiger partial charge is 0.171 e. The molecule has 0 spiro atoms. The third kappa shape index (κ3) is 2.85. The second-order valence-electron chi connectivity index (χ2n) is 6.41. The maximum Gasteiger partial charge on any atom is 0.171 e. The summed E-state index contributed by atoms with van der Waals surface area (Å²) in [5, 5.41) is 1.31. The minimum absolute atomic E-state index is 0.335. The van der Waals surface area contributed by atoms with Crippen molar-refractivity contribution >= 4 is 16.7 Å². The molecule has 0 saturated carbocycles. The van der Waals surface area contributed by atoms with Gasteiger partial charge in [0.25, 0.3) is 0 Å². The summed E-state index contributed by atoms with van der Waals surface area (Å²) < 4.78 is 5.52. The van der Waals surface area contributed by atoms with Crippen molar-refractivity contribution in [2.24, 2.45) is 0 Å². The largest absolute Gasteiger partial charge is 0.493 e. The fourth-order valence-electron chi connectivity index (χ4n) is 3.84. The van der Waals surface area contributed by atoms with E-state index in [1.54, 1.807) is 7.11 Å². The highest BCUT2D eigenvalue weighted by atomic mass is 16.5. The van der Waals surface area contributed by atoms with E-state index >= 15 is 0 Å². The van der Waals surface area contributed by atoms with Crippen LogP contribution in [0.4, 0.5) is 5.82 Å². The first-order valence-electron chi connectivity index (χ1n) is 8.85. The van der Waals surface area contributed by atoms with Crippen LogP contribution in [0.25, 0.3) is 10.9 Å². The molecule has 1 N–H and O–H groups in total. The van der Waals surface area contributed by atoms with Gasteiger partial charge in [0.2, 0.25) is 0 Å². The number of benzene rings is 1. The maximum absolute atomic E-state index is 5.52. The number of rotatable bonds is 4. The number of anilines is 1. The molecule has 0 radical (unpaired) electrons. The Kier molecular flexibility index (Phi) is 4.32. The zero-order valence-electron chi connectivity index (χ0n) is 14.8. The average molecular weight is 336 g/mol. The summed E-state index contributed by atoms with van der Waals surface area (Å²) in [6, 6.07) is 12.8. The number of ether oxygens (including phenoxy) is 1. The van der Waals surface area contributed by atoms with E-state index in [9.17, 15) is 0 Å². The van der Waals surface area contributed by atoms with Gasteiger partial charge in [-0.1, -0.05) is 25.1 Å². The highest BCUT2D eigenvalue weighted by Crippen LogP contribution is 2.34. The summed E-state index contributed by atoms with van der Waals surface area (Å²) in [6.45, 7) is 6.15. The minimum atomic E-state index is 0.335. The molecule has 5 nitrogen and oxygen atoms in total. The standard InChI is InChI=1S/C20H24N4O/c1-3-23-11-12-24(20-19(25-2)9-6-10-21-20)14-18(23)16-13-22-17-8-5-4-7-15(16)17/h4-10,13,18,22H,3,11-12,14H2,1-2H3. The monoisotopic (exact) mass is 336 g/mol. The highest BCUT2D eigenvalue weighted by molar-refractivity contribution is 5.83. The number of hydrogen-bond donors (Lipinski definition) is 1. The first kappa shape index (κ1) is 16.0. The Balaban J connectivity index is 1.70. The van der Waals surface area contributed by atoms with Gasteiger partial charge < -0.3 is 14.6 Å². The van der Waals surface area contributed by atoms with Crippen LogP contribution in [0.3, 0.4) is 0 Å². The number of nitrogens with one attached hydrogen (secondary N) is 1. The minimum Gasteiger partial charge on any atom is -0.493 e. The normalized spacial score (nSPS) is 18.6. The Morgan fingerprint density at radius 1 is 1.20 bits per heavy atom. The van der Waals surface area contributed by atoms with Crippen LogP contribution in [0, 0.1) is 0 Å². The van der Waals surface area contributed by atoms with E-state index in [4.69, 9.17) is 4.74 Å². The fraction of sp³-hybridized carbons (Fsp3) is 0.350. The molecule has 0 bridgehead atoms. The van der Waals surface area contributed by atoms with Gasteiger partial charge in [-0.3, -0.25) is 4.90 Å². The maximum atomic E-state index is 5.52. The summed E-state index contributed by atoms with van der Waals surface area (Å²) in [7, 11) is 1.71. The van der Waals surface area contributed by atoms with E-state index in [1.807, 2.05) is 18.3 Å². The molecule has 5 heteroatoms. The highest BCUT2D eigenvalue weighted by Gasteiger charge is 2.30. The van der Waals surface area contributed by atoms with E-state index in [0.29, 0.717) is 6.04 Å². The zero-order valence-corrected chi connectivity index (χ0v) is 14.8.